The Labute approximate surface area is 155 Å². The van der Waals surface area contributed by atoms with Crippen molar-refractivity contribution in [2.75, 3.05) is 13.6 Å². The van der Waals surface area contributed by atoms with Gasteiger partial charge in [-0.3, -0.25) is 14.5 Å². The maximum absolute atomic E-state index is 12.3. The van der Waals surface area contributed by atoms with Crippen LogP contribution in [0.15, 0.2) is 46.6 Å². The van der Waals surface area contributed by atoms with Crippen LogP contribution in [-0.4, -0.2) is 40.4 Å². The quantitative estimate of drug-likeness (QED) is 0.668. The smallest absolute Gasteiger partial charge is 0.258 e. The first-order valence-corrected chi connectivity index (χ1v) is 9.41. The van der Waals surface area contributed by atoms with Crippen LogP contribution >= 0.6 is 11.3 Å². The number of para-hydroxylation sites is 1. The van der Waals surface area contributed by atoms with Crippen molar-refractivity contribution in [2.45, 2.75) is 25.9 Å². The molecule has 0 fully saturated rings. The molecule has 2 aromatic heterocycles. The molecule has 0 saturated heterocycles. The number of thiophene rings is 1. The fraction of sp³-hybridized carbons (Fsp3) is 0.316. The summed E-state index contributed by atoms with van der Waals surface area (Å²) in [6.45, 7) is 2.85. The molecule has 0 radical (unpaired) electrons. The Morgan fingerprint density at radius 2 is 2.12 bits per heavy atom. The van der Waals surface area contributed by atoms with Crippen LogP contribution in [0.5, 0.6) is 0 Å². The molecule has 2 heterocycles. The minimum atomic E-state index is -0.324. The summed E-state index contributed by atoms with van der Waals surface area (Å²) >= 11 is 1.69. The predicted molar refractivity (Wildman–Crippen MR) is 104 cm³/mol. The van der Waals surface area contributed by atoms with Gasteiger partial charge < -0.3 is 10.3 Å². The highest BCUT2D eigenvalue weighted by Gasteiger charge is 2.18. The summed E-state index contributed by atoms with van der Waals surface area (Å²) < 4.78 is 0. The third-order valence-corrected chi connectivity index (χ3v) is 5.29. The molecule has 3 aromatic rings. The number of hydrogen-bond acceptors (Lipinski definition) is 5. The van der Waals surface area contributed by atoms with Crippen molar-refractivity contribution in [1.82, 2.24) is 20.2 Å². The van der Waals surface area contributed by atoms with Gasteiger partial charge in [0.05, 0.1) is 23.5 Å². The highest BCUT2D eigenvalue weighted by Crippen LogP contribution is 2.09. The number of H-pyrrole nitrogens is 1. The molecule has 136 valence electrons. The van der Waals surface area contributed by atoms with Crippen molar-refractivity contribution < 1.29 is 4.79 Å². The molecule has 2 N–H and O–H groups in total. The van der Waals surface area contributed by atoms with Gasteiger partial charge in [-0.05, 0) is 44.0 Å². The van der Waals surface area contributed by atoms with Gasteiger partial charge in [0, 0.05) is 11.4 Å². The molecule has 7 heteroatoms. The van der Waals surface area contributed by atoms with Crippen LogP contribution in [0.3, 0.4) is 0 Å². The zero-order valence-electron chi connectivity index (χ0n) is 14.9. The van der Waals surface area contributed by atoms with Gasteiger partial charge in [-0.25, -0.2) is 4.98 Å². The lowest BCUT2D eigenvalue weighted by Gasteiger charge is -2.23. The molecule has 0 aliphatic carbocycles. The predicted octanol–water partition coefficient (Wildman–Crippen LogP) is 2.16. The normalized spacial score (nSPS) is 12.4. The number of hydrogen-bond donors (Lipinski definition) is 2. The number of fused-ring (bicyclic) bond motifs is 1. The maximum Gasteiger partial charge on any atom is 0.258 e. The second-order valence-electron chi connectivity index (χ2n) is 6.24. The van der Waals surface area contributed by atoms with Crippen molar-refractivity contribution >= 4 is 28.1 Å². The van der Waals surface area contributed by atoms with E-state index < -0.39 is 0 Å². The number of nitrogens with zero attached hydrogens (tertiary/aromatic N) is 2. The van der Waals surface area contributed by atoms with E-state index in [-0.39, 0.29) is 17.5 Å². The molecular weight excluding hydrogens is 348 g/mol. The first-order valence-electron chi connectivity index (χ1n) is 8.53. The van der Waals surface area contributed by atoms with Crippen molar-refractivity contribution in [2.24, 2.45) is 0 Å². The number of aromatic nitrogens is 2. The average molecular weight is 370 g/mol. The van der Waals surface area contributed by atoms with Crippen LogP contribution in [0, 0.1) is 0 Å². The summed E-state index contributed by atoms with van der Waals surface area (Å²) in [6, 6.07) is 11.0. The third kappa shape index (κ3) is 4.36. The molecule has 0 bridgehead atoms. The Morgan fingerprint density at radius 1 is 1.31 bits per heavy atom. The fourth-order valence-corrected chi connectivity index (χ4v) is 3.40. The Balaban J connectivity index is 1.59. The highest BCUT2D eigenvalue weighted by atomic mass is 32.1. The SMILES string of the molecule is CC(C(=O)NCCc1cccs1)N(C)Cc1nc2ccccc2c(=O)[nH]1. The monoisotopic (exact) mass is 370 g/mol. The van der Waals surface area contributed by atoms with Crippen LogP contribution in [0.1, 0.15) is 17.6 Å². The first kappa shape index (κ1) is 18.3. The summed E-state index contributed by atoms with van der Waals surface area (Å²) in [5.74, 6) is 0.515. The fourth-order valence-electron chi connectivity index (χ4n) is 2.69. The molecule has 6 nitrogen and oxygen atoms in total. The molecular formula is C19H22N4O2S. The number of likely N-dealkylation sites (N-methyl/N-ethyl adjacent to an activating group) is 1. The Kier molecular flexibility index (Phi) is 5.80. The number of amides is 1. The van der Waals surface area contributed by atoms with Gasteiger partial charge in [0.15, 0.2) is 0 Å². The molecule has 1 atom stereocenters. The van der Waals surface area contributed by atoms with Gasteiger partial charge in [-0.15, -0.1) is 11.3 Å². The van der Waals surface area contributed by atoms with E-state index in [4.69, 9.17) is 0 Å². The summed E-state index contributed by atoms with van der Waals surface area (Å²) in [6.07, 6.45) is 0.833. The summed E-state index contributed by atoms with van der Waals surface area (Å²) in [5, 5.41) is 5.56. The van der Waals surface area contributed by atoms with Crippen LogP contribution in [0.2, 0.25) is 0 Å². The standard InChI is InChI=1S/C19H22N4O2S/c1-13(18(24)20-10-9-14-6-5-11-26-14)23(2)12-17-21-16-8-4-3-7-15(16)19(25)22-17/h3-8,11,13H,9-10,12H2,1-2H3,(H,20,24)(H,21,22,25). The van der Waals surface area contributed by atoms with Crippen molar-refractivity contribution in [3.05, 3.63) is 62.8 Å². The number of carbonyl (C=O) groups is 1. The highest BCUT2D eigenvalue weighted by molar-refractivity contribution is 7.09. The average Bonchev–Trinajstić information content (AvgIpc) is 3.14. The molecule has 0 aliphatic rings. The van der Waals surface area contributed by atoms with Gasteiger partial charge in [0.2, 0.25) is 5.91 Å². The zero-order chi connectivity index (χ0) is 18.5. The number of rotatable bonds is 7. The van der Waals surface area contributed by atoms with Crippen LogP contribution < -0.4 is 10.9 Å². The Morgan fingerprint density at radius 3 is 2.88 bits per heavy atom. The van der Waals surface area contributed by atoms with Gasteiger partial charge in [-0.1, -0.05) is 18.2 Å². The largest absolute Gasteiger partial charge is 0.354 e. The Hall–Kier alpha value is -2.51. The number of benzene rings is 1. The van der Waals surface area contributed by atoms with Crippen molar-refractivity contribution in [1.29, 1.82) is 0 Å². The molecule has 1 amide bonds. The van der Waals surface area contributed by atoms with Crippen LogP contribution in [0.25, 0.3) is 10.9 Å². The summed E-state index contributed by atoms with van der Waals surface area (Å²) in [4.78, 5) is 34.9. The molecule has 0 spiro atoms. The topological polar surface area (TPSA) is 78.1 Å². The lowest BCUT2D eigenvalue weighted by molar-refractivity contribution is -0.125. The van der Waals surface area contributed by atoms with Crippen molar-refractivity contribution in [3.63, 3.8) is 0 Å². The van der Waals surface area contributed by atoms with Gasteiger partial charge in [-0.2, -0.15) is 0 Å². The third-order valence-electron chi connectivity index (χ3n) is 4.35. The minimum Gasteiger partial charge on any atom is -0.354 e. The van der Waals surface area contributed by atoms with E-state index in [1.165, 1.54) is 4.88 Å². The molecule has 1 unspecified atom stereocenters. The molecule has 1 aromatic carbocycles. The second kappa shape index (κ2) is 8.25. The zero-order valence-corrected chi connectivity index (χ0v) is 15.7. The van der Waals surface area contributed by atoms with Crippen molar-refractivity contribution in [3.8, 4) is 0 Å². The number of nitrogens with one attached hydrogen (secondary N) is 2. The lowest BCUT2D eigenvalue weighted by Crippen LogP contribution is -2.43. The van der Waals surface area contributed by atoms with Gasteiger partial charge in [0.1, 0.15) is 5.82 Å². The van der Waals surface area contributed by atoms with E-state index in [1.807, 2.05) is 48.5 Å². The van der Waals surface area contributed by atoms with E-state index in [2.05, 4.69) is 21.4 Å². The van der Waals surface area contributed by atoms with Crippen LogP contribution in [0.4, 0.5) is 0 Å². The van der Waals surface area contributed by atoms with Crippen LogP contribution in [-0.2, 0) is 17.8 Å². The number of carbonyl (C=O) groups excluding carboxylic acids is 1. The van der Waals surface area contributed by atoms with E-state index in [9.17, 15) is 9.59 Å². The van der Waals surface area contributed by atoms with E-state index in [0.29, 0.717) is 29.8 Å². The van der Waals surface area contributed by atoms with Gasteiger partial charge >= 0.3 is 0 Å². The molecule has 26 heavy (non-hydrogen) atoms. The van der Waals surface area contributed by atoms with E-state index >= 15 is 0 Å². The van der Waals surface area contributed by atoms with E-state index in [0.717, 1.165) is 6.42 Å². The summed E-state index contributed by atoms with van der Waals surface area (Å²) in [7, 11) is 1.85. The Bertz CT molecular complexity index is 936. The van der Waals surface area contributed by atoms with Gasteiger partial charge in [0.25, 0.3) is 5.56 Å². The second-order valence-corrected chi connectivity index (χ2v) is 7.27. The molecule has 0 saturated carbocycles. The molecule has 3 rings (SSSR count). The van der Waals surface area contributed by atoms with E-state index in [1.54, 1.807) is 17.4 Å². The first-order chi connectivity index (χ1) is 12.5. The minimum absolute atomic E-state index is 0.0350. The lowest BCUT2D eigenvalue weighted by atomic mass is 10.2. The number of aromatic amines is 1. The summed E-state index contributed by atoms with van der Waals surface area (Å²) in [5.41, 5.74) is 0.500. The molecule has 0 aliphatic heterocycles. The maximum atomic E-state index is 12.3.